The molecule has 2 atom stereocenters. The minimum Gasteiger partial charge on any atom is -0.292 e. The average Bonchev–Trinajstić information content (AvgIpc) is 2.70. The highest BCUT2D eigenvalue weighted by Gasteiger charge is 2.49. The van der Waals surface area contributed by atoms with Crippen molar-refractivity contribution in [2.24, 2.45) is 0 Å². The molecule has 2 unspecified atom stereocenters. The van der Waals surface area contributed by atoms with E-state index in [4.69, 9.17) is 11.6 Å². The predicted molar refractivity (Wildman–Crippen MR) is 87.0 cm³/mol. The molecule has 3 heterocycles. The van der Waals surface area contributed by atoms with Gasteiger partial charge in [-0.2, -0.15) is 5.26 Å². The molecule has 2 saturated heterocycles. The fraction of sp³-hybridized carbons (Fsp3) is 0.500. The van der Waals surface area contributed by atoms with Crippen LogP contribution >= 0.6 is 27.5 Å². The van der Waals surface area contributed by atoms with Gasteiger partial charge in [0.2, 0.25) is 0 Å². The van der Waals surface area contributed by atoms with Gasteiger partial charge < -0.3 is 0 Å². The largest absolute Gasteiger partial charge is 0.292 e. The Hall–Kier alpha value is -0.890. The van der Waals surface area contributed by atoms with Crippen molar-refractivity contribution >= 4 is 27.5 Å². The summed E-state index contributed by atoms with van der Waals surface area (Å²) in [6.07, 6.45) is 7.57. The molecule has 2 aliphatic rings. The van der Waals surface area contributed by atoms with Crippen LogP contribution in [0, 0.1) is 11.3 Å². The molecule has 21 heavy (non-hydrogen) atoms. The highest BCUT2D eigenvalue weighted by molar-refractivity contribution is 9.10. The van der Waals surface area contributed by atoms with Crippen LogP contribution in [0.2, 0.25) is 0 Å². The number of pyridine rings is 1. The number of nitrogens with zero attached hydrogens (tertiary/aromatic N) is 3. The van der Waals surface area contributed by atoms with Crippen molar-refractivity contribution in [2.45, 2.75) is 43.2 Å². The van der Waals surface area contributed by atoms with E-state index in [0.29, 0.717) is 17.1 Å². The van der Waals surface area contributed by atoms with Crippen molar-refractivity contribution in [3.05, 3.63) is 40.1 Å². The summed E-state index contributed by atoms with van der Waals surface area (Å²) in [5.74, 6) is 0. The number of fused-ring (bicyclic) bond motifs is 2. The Morgan fingerprint density at radius 3 is 2.67 bits per heavy atom. The van der Waals surface area contributed by atoms with Crippen LogP contribution < -0.4 is 0 Å². The van der Waals surface area contributed by atoms with Crippen LogP contribution in [-0.2, 0) is 5.41 Å². The standard InChI is InChI=1S/C16H17BrClN3/c1-11(18)9-21-14-2-3-15(21)6-16(5-14,10-19)12-4-13(17)8-20-7-12/h4,7-8,14-15H,1-3,5-6,9H2. The molecule has 0 N–H and O–H groups in total. The number of aromatic nitrogens is 1. The van der Waals surface area contributed by atoms with Crippen LogP contribution in [0.3, 0.4) is 0 Å². The van der Waals surface area contributed by atoms with Crippen LogP contribution in [-0.4, -0.2) is 28.5 Å². The minimum atomic E-state index is -0.424. The maximum atomic E-state index is 9.86. The molecule has 0 aromatic carbocycles. The first kappa shape index (κ1) is 15.0. The van der Waals surface area contributed by atoms with Crippen molar-refractivity contribution in [3.8, 4) is 6.07 Å². The zero-order valence-electron chi connectivity index (χ0n) is 11.7. The fourth-order valence-corrected chi connectivity index (χ4v) is 4.37. The van der Waals surface area contributed by atoms with E-state index in [0.717, 1.165) is 42.3 Å². The monoisotopic (exact) mass is 365 g/mol. The second-order valence-electron chi connectivity index (χ2n) is 6.07. The second-order valence-corrected chi connectivity index (χ2v) is 7.52. The molecule has 2 aliphatic heterocycles. The van der Waals surface area contributed by atoms with Crippen molar-refractivity contribution in [2.75, 3.05) is 6.54 Å². The van der Waals surface area contributed by atoms with Crippen LogP contribution in [0.25, 0.3) is 0 Å². The zero-order chi connectivity index (χ0) is 15.0. The van der Waals surface area contributed by atoms with Crippen molar-refractivity contribution in [1.82, 2.24) is 9.88 Å². The molecule has 0 aliphatic carbocycles. The topological polar surface area (TPSA) is 39.9 Å². The molecule has 110 valence electrons. The summed E-state index contributed by atoms with van der Waals surface area (Å²) in [6.45, 7) is 4.55. The summed E-state index contributed by atoms with van der Waals surface area (Å²) < 4.78 is 0.929. The van der Waals surface area contributed by atoms with E-state index in [-0.39, 0.29) is 0 Å². The van der Waals surface area contributed by atoms with Gasteiger partial charge in [-0.3, -0.25) is 9.88 Å². The first-order chi connectivity index (χ1) is 10.0. The first-order valence-electron chi connectivity index (χ1n) is 7.15. The smallest absolute Gasteiger partial charge is 0.0867 e. The lowest BCUT2D eigenvalue weighted by molar-refractivity contribution is 0.117. The summed E-state index contributed by atoms with van der Waals surface area (Å²) in [4.78, 5) is 6.67. The van der Waals surface area contributed by atoms with Crippen molar-refractivity contribution in [1.29, 1.82) is 5.26 Å². The number of hydrogen-bond acceptors (Lipinski definition) is 3. The zero-order valence-corrected chi connectivity index (χ0v) is 14.1. The highest BCUT2D eigenvalue weighted by atomic mass is 79.9. The molecule has 0 radical (unpaired) electrons. The van der Waals surface area contributed by atoms with Crippen LogP contribution in [0.1, 0.15) is 31.2 Å². The number of piperidine rings is 1. The SMILES string of the molecule is C=C(Cl)CN1C2CCC1CC(C#N)(c1cncc(Br)c1)C2. The third kappa shape index (κ3) is 2.75. The Morgan fingerprint density at radius 1 is 1.48 bits per heavy atom. The van der Waals surface area contributed by atoms with Crippen LogP contribution in [0.4, 0.5) is 0 Å². The summed E-state index contributed by atoms with van der Waals surface area (Å²) in [5, 5.41) is 10.5. The molecule has 3 rings (SSSR count). The van der Waals surface area contributed by atoms with E-state index < -0.39 is 5.41 Å². The van der Waals surface area contributed by atoms with E-state index in [1.807, 2.05) is 12.3 Å². The normalized spacial score (nSPS) is 31.9. The summed E-state index contributed by atoms with van der Waals surface area (Å²) in [7, 11) is 0. The average molecular weight is 367 g/mol. The lowest BCUT2D eigenvalue weighted by atomic mass is 9.71. The van der Waals surface area contributed by atoms with Crippen LogP contribution in [0.5, 0.6) is 0 Å². The third-order valence-corrected chi connectivity index (χ3v) is 5.32. The third-order valence-electron chi connectivity index (χ3n) is 4.76. The number of rotatable bonds is 3. The van der Waals surface area contributed by atoms with Gasteiger partial charge >= 0.3 is 0 Å². The van der Waals surface area contributed by atoms with Crippen molar-refractivity contribution in [3.63, 3.8) is 0 Å². The minimum absolute atomic E-state index is 0.415. The molecule has 5 heteroatoms. The Morgan fingerprint density at radius 2 is 2.14 bits per heavy atom. The maximum Gasteiger partial charge on any atom is 0.0867 e. The summed E-state index contributed by atoms with van der Waals surface area (Å²) in [6, 6.07) is 5.46. The fourth-order valence-electron chi connectivity index (χ4n) is 3.86. The summed E-state index contributed by atoms with van der Waals surface area (Å²) in [5.41, 5.74) is 0.605. The maximum absolute atomic E-state index is 9.86. The molecular formula is C16H17BrClN3. The Bertz CT molecular complexity index is 596. The van der Waals surface area contributed by atoms with Gasteiger partial charge in [-0.15, -0.1) is 0 Å². The molecule has 0 spiro atoms. The van der Waals surface area contributed by atoms with E-state index in [1.54, 1.807) is 6.20 Å². The lowest BCUT2D eigenvalue weighted by Crippen LogP contribution is -2.49. The Labute approximate surface area is 138 Å². The number of hydrogen-bond donors (Lipinski definition) is 0. The molecular weight excluding hydrogens is 350 g/mol. The van der Waals surface area contributed by atoms with Gasteiger partial charge in [-0.05, 0) is 53.2 Å². The van der Waals surface area contributed by atoms with E-state index in [9.17, 15) is 5.26 Å². The van der Waals surface area contributed by atoms with Crippen molar-refractivity contribution < 1.29 is 0 Å². The molecule has 2 fully saturated rings. The van der Waals surface area contributed by atoms with Gasteiger partial charge in [0.05, 0.1) is 11.5 Å². The summed E-state index contributed by atoms with van der Waals surface area (Å²) >= 11 is 9.46. The van der Waals surface area contributed by atoms with E-state index >= 15 is 0 Å². The number of nitriles is 1. The van der Waals surface area contributed by atoms with Gasteiger partial charge in [0, 0.05) is 40.5 Å². The molecule has 0 saturated carbocycles. The van der Waals surface area contributed by atoms with E-state index in [2.05, 4.69) is 38.5 Å². The van der Waals surface area contributed by atoms with Gasteiger partial charge in [0.25, 0.3) is 0 Å². The predicted octanol–water partition coefficient (Wildman–Crippen LogP) is 3.98. The van der Waals surface area contributed by atoms with Crippen LogP contribution in [0.15, 0.2) is 34.5 Å². The first-order valence-corrected chi connectivity index (χ1v) is 8.32. The lowest BCUT2D eigenvalue weighted by Gasteiger charge is -2.43. The molecule has 3 nitrogen and oxygen atoms in total. The molecule has 2 bridgehead atoms. The molecule has 1 aromatic heterocycles. The van der Waals surface area contributed by atoms with Gasteiger partial charge in [0.15, 0.2) is 0 Å². The van der Waals surface area contributed by atoms with E-state index in [1.165, 1.54) is 0 Å². The second kappa shape index (κ2) is 5.72. The van der Waals surface area contributed by atoms with Gasteiger partial charge in [-0.1, -0.05) is 18.2 Å². The van der Waals surface area contributed by atoms with Gasteiger partial charge in [-0.25, -0.2) is 0 Å². The highest BCUT2D eigenvalue weighted by Crippen LogP contribution is 2.47. The Balaban J connectivity index is 1.91. The van der Waals surface area contributed by atoms with Gasteiger partial charge in [0.1, 0.15) is 0 Å². The number of halogens is 2. The Kier molecular flexibility index (Phi) is 4.09. The molecule has 0 amide bonds. The quantitative estimate of drug-likeness (QED) is 0.812. The molecule has 1 aromatic rings.